The number of benzene rings is 2. The highest BCUT2D eigenvalue weighted by atomic mass is 16.5. The van der Waals surface area contributed by atoms with Crippen molar-refractivity contribution in [3.63, 3.8) is 0 Å². The number of hydrogen-bond acceptors (Lipinski definition) is 4. The molecule has 166 valence electrons. The molecule has 0 bridgehead atoms. The summed E-state index contributed by atoms with van der Waals surface area (Å²) in [5, 5.41) is 5.75. The molecule has 6 nitrogen and oxygen atoms in total. The molecular formula is C25H32N2O4. The Hall–Kier alpha value is -2.86. The van der Waals surface area contributed by atoms with Gasteiger partial charge in [0.2, 0.25) is 0 Å². The normalized spacial score (nSPS) is 15.5. The number of ether oxygens (including phenoxy) is 2. The van der Waals surface area contributed by atoms with E-state index in [1.807, 2.05) is 0 Å². The lowest BCUT2D eigenvalue weighted by molar-refractivity contribution is 0.0858. The number of carbonyl (C=O) groups is 2. The van der Waals surface area contributed by atoms with Gasteiger partial charge in [-0.15, -0.1) is 0 Å². The molecule has 6 heteroatoms. The minimum Gasteiger partial charge on any atom is -0.494 e. The fourth-order valence-corrected chi connectivity index (χ4v) is 3.51. The summed E-state index contributed by atoms with van der Waals surface area (Å²) in [6, 6.07) is 14.1. The van der Waals surface area contributed by atoms with Crippen LogP contribution in [0.25, 0.3) is 0 Å². The van der Waals surface area contributed by atoms with Crippen molar-refractivity contribution in [3.05, 3.63) is 59.7 Å². The summed E-state index contributed by atoms with van der Waals surface area (Å²) in [7, 11) is 0. The van der Waals surface area contributed by atoms with Crippen molar-refractivity contribution in [2.45, 2.75) is 51.6 Å². The van der Waals surface area contributed by atoms with E-state index >= 15 is 0 Å². The monoisotopic (exact) mass is 424 g/mol. The summed E-state index contributed by atoms with van der Waals surface area (Å²) in [6.45, 7) is 4.08. The average molecular weight is 425 g/mol. The van der Waals surface area contributed by atoms with Crippen LogP contribution in [0.5, 0.6) is 5.75 Å². The lowest BCUT2D eigenvalue weighted by Gasteiger charge is -2.14. The van der Waals surface area contributed by atoms with E-state index in [0.717, 1.165) is 38.0 Å². The van der Waals surface area contributed by atoms with Crippen LogP contribution in [0, 0.1) is 0 Å². The zero-order chi connectivity index (χ0) is 21.9. The third-order valence-corrected chi connectivity index (χ3v) is 5.32. The van der Waals surface area contributed by atoms with Gasteiger partial charge in [0.05, 0.1) is 24.0 Å². The molecule has 31 heavy (non-hydrogen) atoms. The number of para-hydroxylation sites is 1. The largest absolute Gasteiger partial charge is 0.494 e. The van der Waals surface area contributed by atoms with Gasteiger partial charge in [-0.2, -0.15) is 0 Å². The maximum Gasteiger partial charge on any atom is 0.255 e. The van der Waals surface area contributed by atoms with Gasteiger partial charge >= 0.3 is 0 Å². The summed E-state index contributed by atoms with van der Waals surface area (Å²) >= 11 is 0. The number of rotatable bonds is 11. The molecule has 2 amide bonds. The molecule has 1 aliphatic rings. The first-order valence-corrected chi connectivity index (χ1v) is 11.2. The topological polar surface area (TPSA) is 76.7 Å². The Morgan fingerprint density at radius 2 is 1.84 bits per heavy atom. The predicted octanol–water partition coefficient (Wildman–Crippen LogP) is 4.81. The van der Waals surface area contributed by atoms with Crippen LogP contribution in [-0.2, 0) is 4.74 Å². The van der Waals surface area contributed by atoms with E-state index in [9.17, 15) is 9.59 Å². The zero-order valence-electron chi connectivity index (χ0n) is 18.2. The third kappa shape index (κ3) is 7.10. The van der Waals surface area contributed by atoms with Crippen LogP contribution >= 0.6 is 0 Å². The average Bonchev–Trinajstić information content (AvgIpc) is 3.32. The quantitative estimate of drug-likeness (QED) is 0.508. The lowest BCUT2D eigenvalue weighted by atomic mass is 10.1. The van der Waals surface area contributed by atoms with Crippen molar-refractivity contribution in [3.8, 4) is 5.75 Å². The van der Waals surface area contributed by atoms with Crippen molar-refractivity contribution >= 4 is 17.5 Å². The maximum atomic E-state index is 12.7. The SMILES string of the molecule is CCCCCCOc1ccc(C(=O)Nc2ccccc2C(=O)NCC2CCCO2)cc1. The third-order valence-electron chi connectivity index (χ3n) is 5.32. The molecule has 1 saturated heterocycles. The van der Waals surface area contributed by atoms with E-state index < -0.39 is 0 Å². The van der Waals surface area contributed by atoms with Gasteiger partial charge in [-0.3, -0.25) is 9.59 Å². The zero-order valence-corrected chi connectivity index (χ0v) is 18.2. The highest BCUT2D eigenvalue weighted by Crippen LogP contribution is 2.19. The Balaban J connectivity index is 1.54. The first-order chi connectivity index (χ1) is 15.2. The molecule has 2 aromatic carbocycles. The van der Waals surface area contributed by atoms with E-state index in [1.165, 1.54) is 12.8 Å². The molecule has 1 fully saturated rings. The second kappa shape index (κ2) is 12.1. The van der Waals surface area contributed by atoms with Crippen LogP contribution in [0.15, 0.2) is 48.5 Å². The second-order valence-corrected chi connectivity index (χ2v) is 7.78. The molecule has 0 saturated carbocycles. The first-order valence-electron chi connectivity index (χ1n) is 11.2. The molecule has 0 aliphatic carbocycles. The smallest absolute Gasteiger partial charge is 0.255 e. The highest BCUT2D eigenvalue weighted by molar-refractivity contribution is 6.09. The minimum absolute atomic E-state index is 0.0677. The Morgan fingerprint density at radius 3 is 2.58 bits per heavy atom. The van der Waals surface area contributed by atoms with Crippen molar-refractivity contribution < 1.29 is 19.1 Å². The van der Waals surface area contributed by atoms with Gasteiger partial charge in [0, 0.05) is 18.7 Å². The fourth-order valence-electron chi connectivity index (χ4n) is 3.51. The van der Waals surface area contributed by atoms with Crippen LogP contribution < -0.4 is 15.4 Å². The summed E-state index contributed by atoms with van der Waals surface area (Å²) in [5.41, 5.74) is 1.42. The lowest BCUT2D eigenvalue weighted by Crippen LogP contribution is -2.32. The van der Waals surface area contributed by atoms with Crippen LogP contribution in [0.3, 0.4) is 0 Å². The van der Waals surface area contributed by atoms with E-state index in [2.05, 4.69) is 17.6 Å². The molecule has 1 aliphatic heterocycles. The van der Waals surface area contributed by atoms with Gasteiger partial charge < -0.3 is 20.1 Å². The van der Waals surface area contributed by atoms with Gasteiger partial charge in [-0.1, -0.05) is 38.3 Å². The molecule has 0 radical (unpaired) electrons. The van der Waals surface area contributed by atoms with E-state index in [1.54, 1.807) is 48.5 Å². The number of carbonyl (C=O) groups excluding carboxylic acids is 2. The molecule has 2 N–H and O–H groups in total. The molecule has 0 spiro atoms. The summed E-state index contributed by atoms with van der Waals surface area (Å²) in [6.07, 6.45) is 6.66. The predicted molar refractivity (Wildman–Crippen MR) is 122 cm³/mol. The summed E-state index contributed by atoms with van der Waals surface area (Å²) in [5.74, 6) is 0.258. The Bertz CT molecular complexity index is 845. The van der Waals surface area contributed by atoms with Crippen molar-refractivity contribution in [1.82, 2.24) is 5.32 Å². The van der Waals surface area contributed by atoms with E-state index in [-0.39, 0.29) is 17.9 Å². The standard InChI is InChI=1S/C25H32N2O4/c1-2-3-4-7-16-30-20-14-12-19(13-15-20)24(28)27-23-11-6-5-10-22(23)25(29)26-18-21-9-8-17-31-21/h5-6,10-15,21H,2-4,7-9,16-18H2,1H3,(H,26,29)(H,27,28). The molecule has 0 aromatic heterocycles. The van der Waals surface area contributed by atoms with Gasteiger partial charge in [-0.25, -0.2) is 0 Å². The van der Waals surface area contributed by atoms with Crippen molar-refractivity contribution in [1.29, 1.82) is 0 Å². The molecule has 1 unspecified atom stereocenters. The van der Waals surface area contributed by atoms with Crippen LogP contribution in [0.2, 0.25) is 0 Å². The molecular weight excluding hydrogens is 392 g/mol. The van der Waals surface area contributed by atoms with Gasteiger partial charge in [0.1, 0.15) is 5.75 Å². The molecule has 1 atom stereocenters. The van der Waals surface area contributed by atoms with Crippen LogP contribution in [0.1, 0.15) is 66.2 Å². The molecule has 3 rings (SSSR count). The van der Waals surface area contributed by atoms with Crippen molar-refractivity contribution in [2.75, 3.05) is 25.1 Å². The summed E-state index contributed by atoms with van der Waals surface area (Å²) in [4.78, 5) is 25.3. The fraction of sp³-hybridized carbons (Fsp3) is 0.440. The number of nitrogens with one attached hydrogen (secondary N) is 2. The van der Waals surface area contributed by atoms with Crippen LogP contribution in [0.4, 0.5) is 5.69 Å². The highest BCUT2D eigenvalue weighted by Gasteiger charge is 2.18. The van der Waals surface area contributed by atoms with Crippen LogP contribution in [-0.4, -0.2) is 37.7 Å². The number of anilines is 1. The first kappa shape index (κ1) is 22.8. The Labute approximate surface area is 184 Å². The molecule has 1 heterocycles. The van der Waals surface area contributed by atoms with Gasteiger partial charge in [-0.05, 0) is 55.7 Å². The Kier molecular flexibility index (Phi) is 8.91. The Morgan fingerprint density at radius 1 is 1.03 bits per heavy atom. The summed E-state index contributed by atoms with van der Waals surface area (Å²) < 4.78 is 11.3. The molecule has 2 aromatic rings. The van der Waals surface area contributed by atoms with Crippen molar-refractivity contribution in [2.24, 2.45) is 0 Å². The number of hydrogen-bond donors (Lipinski definition) is 2. The van der Waals surface area contributed by atoms with Gasteiger partial charge in [0.25, 0.3) is 11.8 Å². The maximum absolute atomic E-state index is 12.7. The second-order valence-electron chi connectivity index (χ2n) is 7.78. The van der Waals surface area contributed by atoms with E-state index in [4.69, 9.17) is 9.47 Å². The van der Waals surface area contributed by atoms with E-state index in [0.29, 0.717) is 30.0 Å². The number of unbranched alkanes of at least 4 members (excludes halogenated alkanes) is 3. The van der Waals surface area contributed by atoms with Gasteiger partial charge in [0.15, 0.2) is 0 Å². The minimum atomic E-state index is -0.270. The number of amides is 2.